The number of carbonyl (C=O) groups is 2. The van der Waals surface area contributed by atoms with E-state index in [0.29, 0.717) is 0 Å². The summed E-state index contributed by atoms with van der Waals surface area (Å²) in [7, 11) is 0. The van der Waals surface area contributed by atoms with E-state index in [9.17, 15) is 31.5 Å². The molecule has 1 aliphatic rings. The fraction of sp³-hybridized carbons (Fsp3) is 0.409. The zero-order chi connectivity index (χ0) is 26.6. The maximum absolute atomic E-state index is 14.6. The van der Waals surface area contributed by atoms with Gasteiger partial charge in [-0.15, -0.1) is 0 Å². The predicted octanol–water partition coefficient (Wildman–Crippen LogP) is 2.73. The van der Waals surface area contributed by atoms with Crippen LogP contribution in [0.2, 0.25) is 0 Å². The van der Waals surface area contributed by atoms with Crippen molar-refractivity contribution in [3.8, 4) is 11.3 Å². The van der Waals surface area contributed by atoms with Gasteiger partial charge < -0.3 is 16.0 Å². The summed E-state index contributed by atoms with van der Waals surface area (Å²) < 4.78 is 70.4. The minimum Gasteiger partial charge on any atom is -0.382 e. The largest absolute Gasteiger partial charge is 0.418 e. The van der Waals surface area contributed by atoms with Gasteiger partial charge in [-0.05, 0) is 32.9 Å². The van der Waals surface area contributed by atoms with Crippen LogP contribution in [0.15, 0.2) is 24.7 Å². The number of halogens is 5. The Morgan fingerprint density at radius 3 is 2.47 bits per heavy atom. The van der Waals surface area contributed by atoms with Crippen molar-refractivity contribution in [3.05, 3.63) is 41.5 Å². The number of anilines is 1. The van der Waals surface area contributed by atoms with Crippen molar-refractivity contribution in [2.45, 2.75) is 44.8 Å². The second kappa shape index (κ2) is 8.68. The van der Waals surface area contributed by atoms with Gasteiger partial charge >= 0.3 is 6.18 Å². The lowest BCUT2D eigenvalue weighted by atomic mass is 10.1. The summed E-state index contributed by atoms with van der Waals surface area (Å²) in [4.78, 5) is 33.8. The minimum atomic E-state index is -4.75. The molecule has 4 rings (SSSR count). The number of amides is 2. The van der Waals surface area contributed by atoms with Crippen LogP contribution in [0.5, 0.6) is 0 Å². The Hall–Kier alpha value is -3.84. The van der Waals surface area contributed by atoms with Gasteiger partial charge in [0.1, 0.15) is 18.0 Å². The smallest absolute Gasteiger partial charge is 0.382 e. The first-order valence-corrected chi connectivity index (χ1v) is 10.8. The molecule has 0 aromatic carbocycles. The number of hydrogen-bond donors (Lipinski definition) is 2. The molecule has 0 spiro atoms. The molecule has 0 bridgehead atoms. The summed E-state index contributed by atoms with van der Waals surface area (Å²) in [6.45, 7) is 3.00. The van der Waals surface area contributed by atoms with Crippen LogP contribution in [-0.2, 0) is 11.0 Å². The maximum atomic E-state index is 14.6. The highest BCUT2D eigenvalue weighted by molar-refractivity contribution is 5.97. The average Bonchev–Trinajstić information content (AvgIpc) is 3.34. The van der Waals surface area contributed by atoms with E-state index in [2.05, 4.69) is 20.4 Å². The highest BCUT2D eigenvalue weighted by Crippen LogP contribution is 2.38. The van der Waals surface area contributed by atoms with Crippen LogP contribution in [0.1, 0.15) is 35.5 Å². The zero-order valence-electron chi connectivity index (χ0n) is 19.4. The molecule has 1 aliphatic heterocycles. The van der Waals surface area contributed by atoms with Crippen LogP contribution in [-0.4, -0.2) is 67.3 Å². The van der Waals surface area contributed by atoms with Crippen molar-refractivity contribution in [2.75, 3.05) is 18.8 Å². The summed E-state index contributed by atoms with van der Waals surface area (Å²) in [6, 6.07) is 1.02. The molecule has 36 heavy (non-hydrogen) atoms. The number of hydrogen-bond acceptors (Lipinski definition) is 6. The number of rotatable bonds is 4. The van der Waals surface area contributed by atoms with Crippen molar-refractivity contribution in [1.82, 2.24) is 29.8 Å². The fourth-order valence-electron chi connectivity index (χ4n) is 4.08. The van der Waals surface area contributed by atoms with Gasteiger partial charge in [0.05, 0.1) is 35.1 Å². The number of aryl methyl sites for hydroxylation is 1. The fourth-order valence-corrected chi connectivity index (χ4v) is 4.08. The number of pyridine rings is 1. The Balaban J connectivity index is 1.66. The second-order valence-electron chi connectivity index (χ2n) is 8.98. The van der Waals surface area contributed by atoms with E-state index < -0.39 is 47.0 Å². The molecular weight excluding hydrogens is 489 g/mol. The van der Waals surface area contributed by atoms with Crippen molar-refractivity contribution in [2.24, 2.45) is 0 Å². The number of nitrogens with zero attached hydrogens (tertiary/aromatic N) is 5. The SMILES string of the molecule is Cc1ncc(-c2cc(C(F)(F)F)c3c(N)ncnn23)cc1C(=O)N[C@@H]1CN(C(=O)C(C)(C)F)C[C@@H]1F. The minimum absolute atomic E-state index is 0.0270. The van der Waals surface area contributed by atoms with Gasteiger partial charge in [0.2, 0.25) is 0 Å². The van der Waals surface area contributed by atoms with E-state index in [-0.39, 0.29) is 41.4 Å². The summed E-state index contributed by atoms with van der Waals surface area (Å²) in [5.41, 5.74) is 2.25. The molecule has 1 saturated heterocycles. The van der Waals surface area contributed by atoms with Crippen LogP contribution in [0, 0.1) is 6.92 Å². The molecule has 192 valence electrons. The number of nitrogens with two attached hydrogens (primary N) is 1. The molecule has 2 atom stereocenters. The van der Waals surface area contributed by atoms with Crippen LogP contribution >= 0.6 is 0 Å². The third-order valence-corrected chi connectivity index (χ3v) is 5.88. The van der Waals surface area contributed by atoms with Gasteiger partial charge in [0.15, 0.2) is 11.5 Å². The van der Waals surface area contributed by atoms with E-state index in [1.807, 2.05) is 0 Å². The average molecular weight is 511 g/mol. The summed E-state index contributed by atoms with van der Waals surface area (Å²) in [5, 5.41) is 6.34. The van der Waals surface area contributed by atoms with Crippen molar-refractivity contribution in [3.63, 3.8) is 0 Å². The van der Waals surface area contributed by atoms with Gasteiger partial charge in [-0.25, -0.2) is 18.3 Å². The molecule has 1 fully saturated rings. The molecule has 4 heterocycles. The van der Waals surface area contributed by atoms with Gasteiger partial charge in [-0.3, -0.25) is 14.6 Å². The van der Waals surface area contributed by atoms with Crippen LogP contribution in [0.3, 0.4) is 0 Å². The van der Waals surface area contributed by atoms with E-state index in [4.69, 9.17) is 5.73 Å². The van der Waals surface area contributed by atoms with Gasteiger partial charge in [-0.1, -0.05) is 0 Å². The van der Waals surface area contributed by atoms with E-state index >= 15 is 0 Å². The van der Waals surface area contributed by atoms with Gasteiger partial charge in [0.25, 0.3) is 11.8 Å². The van der Waals surface area contributed by atoms with Crippen molar-refractivity contribution < 1.29 is 31.5 Å². The molecule has 2 amide bonds. The van der Waals surface area contributed by atoms with Crippen molar-refractivity contribution >= 4 is 23.1 Å². The monoisotopic (exact) mass is 511 g/mol. The van der Waals surface area contributed by atoms with E-state index in [1.165, 1.54) is 19.2 Å². The number of alkyl halides is 5. The Labute approximate surface area is 201 Å². The molecule has 0 saturated carbocycles. The third-order valence-electron chi connectivity index (χ3n) is 5.88. The zero-order valence-corrected chi connectivity index (χ0v) is 19.4. The van der Waals surface area contributed by atoms with Crippen LogP contribution in [0.25, 0.3) is 16.8 Å². The highest BCUT2D eigenvalue weighted by Gasteiger charge is 2.42. The number of aromatic nitrogens is 4. The molecule has 3 aromatic rings. The first kappa shape index (κ1) is 25.3. The van der Waals surface area contributed by atoms with E-state index in [0.717, 1.165) is 35.7 Å². The lowest BCUT2D eigenvalue weighted by molar-refractivity contribution is -0.141. The summed E-state index contributed by atoms with van der Waals surface area (Å²) in [5.74, 6) is -2.04. The second-order valence-corrected chi connectivity index (χ2v) is 8.98. The topological polar surface area (TPSA) is 119 Å². The molecule has 3 aromatic heterocycles. The highest BCUT2D eigenvalue weighted by atomic mass is 19.4. The predicted molar refractivity (Wildman–Crippen MR) is 118 cm³/mol. The molecule has 0 radical (unpaired) electrons. The lowest BCUT2D eigenvalue weighted by Crippen LogP contribution is -2.44. The van der Waals surface area contributed by atoms with Crippen molar-refractivity contribution in [1.29, 1.82) is 0 Å². The van der Waals surface area contributed by atoms with Crippen LogP contribution < -0.4 is 11.1 Å². The lowest BCUT2D eigenvalue weighted by Gasteiger charge is -2.22. The molecule has 3 N–H and O–H groups in total. The molecule has 0 unspecified atom stereocenters. The number of nitrogen functional groups attached to an aromatic ring is 1. The first-order valence-electron chi connectivity index (χ1n) is 10.8. The molecule has 9 nitrogen and oxygen atoms in total. The summed E-state index contributed by atoms with van der Waals surface area (Å²) in [6.07, 6.45) is -4.13. The third kappa shape index (κ3) is 4.54. The van der Waals surface area contributed by atoms with Crippen LogP contribution in [0.4, 0.5) is 27.8 Å². The number of carbonyl (C=O) groups excluding carboxylic acids is 2. The quantitative estimate of drug-likeness (QED) is 0.520. The van der Waals surface area contributed by atoms with E-state index in [1.54, 1.807) is 0 Å². The number of likely N-dealkylation sites (tertiary alicyclic amines) is 1. The van der Waals surface area contributed by atoms with Gasteiger partial charge in [0, 0.05) is 18.3 Å². The maximum Gasteiger partial charge on any atom is 0.418 e. The summed E-state index contributed by atoms with van der Waals surface area (Å²) >= 11 is 0. The molecular formula is C22H22F5N7O2. The Kier molecular flexibility index (Phi) is 6.09. The standard InChI is InChI=1S/C22H22F5N7O2/c1-10-12(19(35)32-15-8-33(7-14(15)23)20(36)21(2,3)24)4-11(6-29-10)16-5-13(22(25,26)27)17-18(28)30-9-31-34(16)17/h4-6,9,14-15H,7-8H2,1-3H3,(H,32,35)(H2,28,30,31)/t14-,15+/m0/s1. The van der Waals surface area contributed by atoms with Gasteiger partial charge in [-0.2, -0.15) is 18.3 Å². The Morgan fingerprint density at radius 2 is 1.83 bits per heavy atom. The number of nitrogens with one attached hydrogen (secondary N) is 1. The Morgan fingerprint density at radius 1 is 1.14 bits per heavy atom. The Bertz CT molecular complexity index is 1350. The number of fused-ring (bicyclic) bond motifs is 1. The molecule has 14 heteroatoms. The first-order chi connectivity index (χ1) is 16.7. The molecule has 0 aliphatic carbocycles. The normalized spacial score (nSPS) is 18.6.